The van der Waals surface area contributed by atoms with Crippen molar-refractivity contribution in [3.63, 3.8) is 0 Å². The molecule has 0 spiro atoms. The van der Waals surface area contributed by atoms with Crippen LogP contribution in [0.5, 0.6) is 0 Å². The highest BCUT2D eigenvalue weighted by atomic mass is 16.5. The Labute approximate surface area is 147 Å². The fourth-order valence-electron chi connectivity index (χ4n) is 3.59. The molecule has 1 aliphatic heterocycles. The van der Waals surface area contributed by atoms with Crippen LogP contribution < -0.4 is 0 Å². The quantitative estimate of drug-likeness (QED) is 0.795. The van der Waals surface area contributed by atoms with Gasteiger partial charge < -0.3 is 9.64 Å². The molecule has 1 aliphatic rings. The van der Waals surface area contributed by atoms with Gasteiger partial charge >= 0.3 is 5.97 Å². The van der Waals surface area contributed by atoms with Crippen molar-refractivity contribution in [2.75, 3.05) is 19.7 Å². The van der Waals surface area contributed by atoms with E-state index in [9.17, 15) is 9.59 Å². The van der Waals surface area contributed by atoms with Crippen molar-refractivity contribution in [3.05, 3.63) is 23.5 Å². The number of piperidine rings is 1. The van der Waals surface area contributed by atoms with Gasteiger partial charge in [-0.25, -0.2) is 9.78 Å². The Kier molecular flexibility index (Phi) is 4.74. The second kappa shape index (κ2) is 6.82. The number of aryl methyl sites for hydroxylation is 2. The van der Waals surface area contributed by atoms with E-state index in [1.807, 2.05) is 6.92 Å². The topological polar surface area (TPSA) is 77.3 Å². The Morgan fingerprint density at radius 3 is 2.64 bits per heavy atom. The maximum absolute atomic E-state index is 12.3. The summed E-state index contributed by atoms with van der Waals surface area (Å²) in [6.45, 7) is 7.36. The number of aromatic nitrogens is 3. The fourth-order valence-corrected chi connectivity index (χ4v) is 3.59. The molecule has 0 saturated carbocycles. The highest BCUT2D eigenvalue weighted by Gasteiger charge is 2.26. The summed E-state index contributed by atoms with van der Waals surface area (Å²) in [5.41, 5.74) is 1.84. The van der Waals surface area contributed by atoms with Crippen LogP contribution in [0.15, 0.2) is 12.3 Å². The van der Waals surface area contributed by atoms with Gasteiger partial charge in [0.05, 0.1) is 11.3 Å². The summed E-state index contributed by atoms with van der Waals surface area (Å²) in [6, 6.07) is 1.71. The van der Waals surface area contributed by atoms with Gasteiger partial charge in [-0.05, 0) is 31.2 Å². The first-order valence-electron chi connectivity index (χ1n) is 8.59. The van der Waals surface area contributed by atoms with Crippen molar-refractivity contribution in [2.24, 2.45) is 18.9 Å². The van der Waals surface area contributed by atoms with Crippen molar-refractivity contribution < 1.29 is 14.3 Å². The summed E-state index contributed by atoms with van der Waals surface area (Å²) < 4.78 is 6.88. The Morgan fingerprint density at radius 2 is 1.96 bits per heavy atom. The lowest BCUT2D eigenvalue weighted by Gasteiger charge is -2.34. The third-order valence-corrected chi connectivity index (χ3v) is 4.65. The molecule has 2 unspecified atom stereocenters. The molecule has 0 aromatic carbocycles. The lowest BCUT2D eigenvalue weighted by molar-refractivity contribution is -0.137. The Bertz CT molecular complexity index is 804. The van der Waals surface area contributed by atoms with Crippen LogP contribution in [0.3, 0.4) is 0 Å². The number of pyridine rings is 1. The van der Waals surface area contributed by atoms with Gasteiger partial charge in [0.1, 0.15) is 0 Å². The van der Waals surface area contributed by atoms with E-state index < -0.39 is 5.97 Å². The number of carbonyl (C=O) groups is 2. The molecular weight excluding hydrogens is 320 g/mol. The largest absolute Gasteiger partial charge is 0.452 e. The second-order valence-corrected chi connectivity index (χ2v) is 7.13. The zero-order valence-corrected chi connectivity index (χ0v) is 15.2. The van der Waals surface area contributed by atoms with Crippen LogP contribution in [0, 0.1) is 18.8 Å². The van der Waals surface area contributed by atoms with Crippen LogP contribution in [0.2, 0.25) is 0 Å². The average Bonchev–Trinajstić information content (AvgIpc) is 2.85. The van der Waals surface area contributed by atoms with Gasteiger partial charge in [-0.3, -0.25) is 9.48 Å². The Hall–Kier alpha value is -2.44. The van der Waals surface area contributed by atoms with E-state index in [1.165, 1.54) is 6.20 Å². The third-order valence-electron chi connectivity index (χ3n) is 4.65. The molecule has 2 atom stereocenters. The second-order valence-electron chi connectivity index (χ2n) is 7.13. The maximum atomic E-state index is 12.3. The van der Waals surface area contributed by atoms with E-state index in [1.54, 1.807) is 22.7 Å². The molecule has 0 aliphatic carbocycles. The van der Waals surface area contributed by atoms with E-state index in [4.69, 9.17) is 4.74 Å². The number of amides is 1. The molecule has 0 radical (unpaired) electrons. The summed E-state index contributed by atoms with van der Waals surface area (Å²) in [4.78, 5) is 30.6. The Balaban J connectivity index is 1.64. The molecule has 2 aromatic heterocycles. The normalized spacial score (nSPS) is 20.7. The first kappa shape index (κ1) is 17.4. The van der Waals surface area contributed by atoms with Gasteiger partial charge in [-0.2, -0.15) is 5.10 Å². The number of ether oxygens (including phenoxy) is 1. The summed E-state index contributed by atoms with van der Waals surface area (Å²) in [5, 5.41) is 5.09. The first-order valence-corrected chi connectivity index (χ1v) is 8.59. The van der Waals surface area contributed by atoms with Gasteiger partial charge in [-0.15, -0.1) is 0 Å². The standard InChI is InChI=1S/C18H24N4O3/c1-11-5-12(2)9-22(8-11)16(23)10-25-18(24)14-6-15-13(3)20-21(4)17(15)19-7-14/h6-7,11-12H,5,8-10H2,1-4H3. The van der Waals surface area contributed by atoms with E-state index in [-0.39, 0.29) is 12.5 Å². The van der Waals surface area contributed by atoms with Crippen molar-refractivity contribution in [3.8, 4) is 0 Å². The van der Waals surface area contributed by atoms with Gasteiger partial charge in [-0.1, -0.05) is 13.8 Å². The van der Waals surface area contributed by atoms with Crippen LogP contribution in [0.1, 0.15) is 36.3 Å². The molecular formula is C18H24N4O3. The van der Waals surface area contributed by atoms with E-state index in [0.29, 0.717) is 23.0 Å². The number of hydrogen-bond donors (Lipinski definition) is 0. The molecule has 2 aromatic rings. The van der Waals surface area contributed by atoms with E-state index in [0.717, 1.165) is 30.6 Å². The molecule has 7 heteroatoms. The van der Waals surface area contributed by atoms with Crippen molar-refractivity contribution in [2.45, 2.75) is 27.2 Å². The molecule has 1 fully saturated rings. The summed E-state index contributed by atoms with van der Waals surface area (Å²) >= 11 is 0. The van der Waals surface area contributed by atoms with Crippen LogP contribution in [-0.4, -0.2) is 51.2 Å². The summed E-state index contributed by atoms with van der Waals surface area (Å²) in [5.74, 6) is 0.273. The zero-order valence-electron chi connectivity index (χ0n) is 15.2. The minimum atomic E-state index is -0.538. The van der Waals surface area contributed by atoms with Crippen LogP contribution in [0.25, 0.3) is 11.0 Å². The number of fused-ring (bicyclic) bond motifs is 1. The number of hydrogen-bond acceptors (Lipinski definition) is 5. The third kappa shape index (κ3) is 3.65. The van der Waals surface area contributed by atoms with Crippen LogP contribution in [-0.2, 0) is 16.6 Å². The smallest absolute Gasteiger partial charge is 0.340 e. The molecule has 25 heavy (non-hydrogen) atoms. The van der Waals surface area contributed by atoms with Crippen molar-refractivity contribution >= 4 is 22.9 Å². The SMILES string of the molecule is Cc1nn(C)c2ncc(C(=O)OCC(=O)N3CC(C)CC(C)C3)cc12. The molecule has 0 N–H and O–H groups in total. The molecule has 1 amide bonds. The maximum Gasteiger partial charge on any atom is 0.340 e. The molecule has 134 valence electrons. The lowest BCUT2D eigenvalue weighted by Crippen LogP contribution is -2.44. The van der Waals surface area contributed by atoms with Gasteiger partial charge in [0.15, 0.2) is 12.3 Å². The van der Waals surface area contributed by atoms with E-state index in [2.05, 4.69) is 23.9 Å². The molecule has 3 heterocycles. The highest BCUT2D eigenvalue weighted by molar-refractivity contribution is 5.94. The van der Waals surface area contributed by atoms with Crippen molar-refractivity contribution in [1.82, 2.24) is 19.7 Å². The average molecular weight is 344 g/mol. The number of carbonyl (C=O) groups excluding carboxylic acids is 2. The molecule has 1 saturated heterocycles. The number of esters is 1. The van der Waals surface area contributed by atoms with Gasteiger partial charge in [0.2, 0.25) is 0 Å². The monoisotopic (exact) mass is 344 g/mol. The highest BCUT2D eigenvalue weighted by Crippen LogP contribution is 2.21. The number of likely N-dealkylation sites (tertiary alicyclic amines) is 1. The summed E-state index contributed by atoms with van der Waals surface area (Å²) in [6.07, 6.45) is 2.58. The molecule has 3 rings (SSSR count). The number of nitrogens with zero attached hydrogens (tertiary/aromatic N) is 4. The fraction of sp³-hybridized carbons (Fsp3) is 0.556. The first-order chi connectivity index (χ1) is 11.8. The number of rotatable bonds is 3. The molecule has 7 nitrogen and oxygen atoms in total. The van der Waals surface area contributed by atoms with Gasteiger partial charge in [0.25, 0.3) is 5.91 Å². The van der Waals surface area contributed by atoms with Gasteiger partial charge in [0, 0.05) is 31.7 Å². The van der Waals surface area contributed by atoms with Crippen molar-refractivity contribution in [1.29, 1.82) is 0 Å². The summed E-state index contributed by atoms with van der Waals surface area (Å²) in [7, 11) is 1.81. The minimum absolute atomic E-state index is 0.140. The zero-order chi connectivity index (χ0) is 18.1. The van der Waals surface area contributed by atoms with Crippen LogP contribution in [0.4, 0.5) is 0 Å². The minimum Gasteiger partial charge on any atom is -0.452 e. The predicted molar refractivity (Wildman–Crippen MR) is 93.1 cm³/mol. The Morgan fingerprint density at radius 1 is 1.28 bits per heavy atom. The predicted octanol–water partition coefficient (Wildman–Crippen LogP) is 1.94. The lowest BCUT2D eigenvalue weighted by atomic mass is 9.92. The van der Waals surface area contributed by atoms with E-state index >= 15 is 0 Å². The van der Waals surface area contributed by atoms with Crippen LogP contribution >= 0.6 is 0 Å². The molecule has 0 bridgehead atoms.